The molecule has 3 amide bonds. The number of carbonyl (C=O) groups excluding carboxylic acids is 3. The molecule has 8 nitrogen and oxygen atoms in total. The van der Waals surface area contributed by atoms with E-state index in [0.717, 1.165) is 16.0 Å². The lowest BCUT2D eigenvalue weighted by molar-refractivity contribution is -0.114. The Morgan fingerprint density at radius 1 is 0.895 bits per heavy atom. The molecule has 0 fully saturated rings. The van der Waals surface area contributed by atoms with Crippen LogP contribution in [-0.4, -0.2) is 28.6 Å². The number of anilines is 2. The van der Waals surface area contributed by atoms with Crippen LogP contribution >= 0.6 is 11.8 Å². The second kappa shape index (κ2) is 12.6. The van der Waals surface area contributed by atoms with E-state index in [-0.39, 0.29) is 23.3 Å². The summed E-state index contributed by atoms with van der Waals surface area (Å²) in [6, 6.07) is 25.1. The van der Waals surface area contributed by atoms with E-state index in [1.54, 1.807) is 67.6 Å². The Morgan fingerprint density at radius 2 is 1.66 bits per heavy atom. The van der Waals surface area contributed by atoms with Crippen LogP contribution in [0.2, 0.25) is 0 Å². The van der Waals surface area contributed by atoms with Gasteiger partial charge in [-0.1, -0.05) is 53.2 Å². The number of amides is 3. The first kappa shape index (κ1) is 26.4. The highest BCUT2D eigenvalue weighted by Gasteiger charge is 2.15. The van der Waals surface area contributed by atoms with Crippen LogP contribution in [0.3, 0.4) is 0 Å². The summed E-state index contributed by atoms with van der Waals surface area (Å²) in [6.45, 7) is 3.70. The Labute approximate surface area is 224 Å². The van der Waals surface area contributed by atoms with E-state index in [1.165, 1.54) is 11.8 Å². The minimum absolute atomic E-state index is 0.114. The summed E-state index contributed by atoms with van der Waals surface area (Å²) < 4.78 is 4.94. The molecule has 0 bridgehead atoms. The third kappa shape index (κ3) is 7.68. The van der Waals surface area contributed by atoms with Gasteiger partial charge >= 0.3 is 0 Å². The van der Waals surface area contributed by atoms with E-state index in [9.17, 15) is 14.4 Å². The minimum atomic E-state index is -0.460. The van der Waals surface area contributed by atoms with Crippen molar-refractivity contribution in [3.8, 4) is 0 Å². The van der Waals surface area contributed by atoms with Crippen molar-refractivity contribution in [2.75, 3.05) is 16.4 Å². The Bertz CT molecular complexity index is 1460. The lowest BCUT2D eigenvalue weighted by atomic mass is 10.1. The van der Waals surface area contributed by atoms with Gasteiger partial charge in [-0.2, -0.15) is 0 Å². The summed E-state index contributed by atoms with van der Waals surface area (Å²) in [5.74, 6) is 0.124. The molecule has 1 aromatic heterocycles. The number of aromatic nitrogens is 1. The number of carbonyl (C=O) groups is 3. The predicted octanol–water partition coefficient (Wildman–Crippen LogP) is 5.43. The fraction of sp³-hybridized carbons (Fsp3) is 0.103. The van der Waals surface area contributed by atoms with Crippen molar-refractivity contribution >= 4 is 47.1 Å². The average Bonchev–Trinajstić information content (AvgIpc) is 3.32. The molecule has 0 atom stereocenters. The van der Waals surface area contributed by atoms with Crippen molar-refractivity contribution in [3.63, 3.8) is 0 Å². The van der Waals surface area contributed by atoms with E-state index in [2.05, 4.69) is 21.1 Å². The van der Waals surface area contributed by atoms with Gasteiger partial charge < -0.3 is 20.5 Å². The summed E-state index contributed by atoms with van der Waals surface area (Å²) in [5.41, 5.74) is 2.92. The summed E-state index contributed by atoms with van der Waals surface area (Å²) in [7, 11) is 0. The van der Waals surface area contributed by atoms with E-state index >= 15 is 0 Å². The highest BCUT2D eigenvalue weighted by atomic mass is 32.2. The first-order valence-electron chi connectivity index (χ1n) is 11.8. The van der Waals surface area contributed by atoms with Gasteiger partial charge in [-0.25, -0.2) is 0 Å². The van der Waals surface area contributed by atoms with E-state index in [0.29, 0.717) is 22.8 Å². The molecule has 4 aromatic rings. The van der Waals surface area contributed by atoms with Crippen LogP contribution in [0.5, 0.6) is 0 Å². The topological polar surface area (TPSA) is 113 Å². The number of nitrogens with one attached hydrogen (secondary N) is 3. The van der Waals surface area contributed by atoms with Crippen LogP contribution in [-0.2, 0) is 9.59 Å². The van der Waals surface area contributed by atoms with Gasteiger partial charge in [0.1, 0.15) is 11.5 Å². The van der Waals surface area contributed by atoms with Gasteiger partial charge in [0.15, 0.2) is 5.82 Å². The third-order valence-electron chi connectivity index (χ3n) is 5.26. The van der Waals surface area contributed by atoms with Gasteiger partial charge in [-0.05, 0) is 61.9 Å². The highest BCUT2D eigenvalue weighted by molar-refractivity contribution is 8.00. The SMILES string of the molecule is Cc1cccc(/C=C(\NC(=O)c2ccccc2)C(=O)Nc2ccc(SCC(=O)Nc3cc(C)on3)cc2)c1. The number of nitrogens with zero attached hydrogens (tertiary/aromatic N) is 1. The van der Waals surface area contributed by atoms with Crippen LogP contribution in [0.15, 0.2) is 100 Å². The average molecular weight is 527 g/mol. The zero-order chi connectivity index (χ0) is 26.9. The number of thioether (sulfide) groups is 1. The highest BCUT2D eigenvalue weighted by Crippen LogP contribution is 2.21. The smallest absolute Gasteiger partial charge is 0.272 e. The molecule has 9 heteroatoms. The first-order chi connectivity index (χ1) is 18.4. The molecule has 192 valence electrons. The normalized spacial score (nSPS) is 11.1. The molecule has 0 spiro atoms. The maximum atomic E-state index is 13.2. The molecule has 1 heterocycles. The number of hydrogen-bond acceptors (Lipinski definition) is 6. The largest absolute Gasteiger partial charge is 0.360 e. The van der Waals surface area contributed by atoms with Gasteiger partial charge in [-0.3, -0.25) is 14.4 Å². The van der Waals surface area contributed by atoms with Crippen molar-refractivity contribution in [3.05, 3.63) is 113 Å². The Morgan fingerprint density at radius 3 is 2.34 bits per heavy atom. The molecule has 0 radical (unpaired) electrons. The molecular weight excluding hydrogens is 500 g/mol. The van der Waals surface area contributed by atoms with Gasteiger partial charge in [0.25, 0.3) is 11.8 Å². The van der Waals surface area contributed by atoms with Crippen LogP contribution < -0.4 is 16.0 Å². The van der Waals surface area contributed by atoms with Crippen molar-refractivity contribution in [2.45, 2.75) is 18.7 Å². The van der Waals surface area contributed by atoms with Crippen molar-refractivity contribution in [1.82, 2.24) is 10.5 Å². The molecule has 0 saturated heterocycles. The zero-order valence-corrected chi connectivity index (χ0v) is 21.7. The van der Waals surface area contributed by atoms with Crippen molar-refractivity contribution in [2.24, 2.45) is 0 Å². The quantitative estimate of drug-likeness (QED) is 0.198. The molecule has 0 aliphatic rings. The van der Waals surface area contributed by atoms with E-state index < -0.39 is 5.91 Å². The monoisotopic (exact) mass is 526 g/mol. The molecule has 0 aliphatic heterocycles. The molecule has 4 rings (SSSR count). The predicted molar refractivity (Wildman–Crippen MR) is 149 cm³/mol. The fourth-order valence-corrected chi connectivity index (χ4v) is 4.15. The molecule has 3 aromatic carbocycles. The molecular formula is C29H26N4O4S. The van der Waals surface area contributed by atoms with Gasteiger partial charge in [0.2, 0.25) is 5.91 Å². The number of hydrogen-bond donors (Lipinski definition) is 3. The maximum Gasteiger partial charge on any atom is 0.272 e. The van der Waals surface area contributed by atoms with Crippen LogP contribution in [0.1, 0.15) is 27.2 Å². The Balaban J connectivity index is 1.41. The Hall–Kier alpha value is -4.63. The Kier molecular flexibility index (Phi) is 8.73. The first-order valence-corrected chi connectivity index (χ1v) is 12.8. The number of rotatable bonds is 9. The number of benzene rings is 3. The lowest BCUT2D eigenvalue weighted by Gasteiger charge is -2.12. The summed E-state index contributed by atoms with van der Waals surface area (Å²) >= 11 is 1.35. The van der Waals surface area contributed by atoms with Gasteiger partial charge in [0, 0.05) is 22.2 Å². The second-order valence-corrected chi connectivity index (χ2v) is 9.48. The summed E-state index contributed by atoms with van der Waals surface area (Å²) in [5, 5.41) is 12.0. The van der Waals surface area contributed by atoms with E-state index in [4.69, 9.17) is 4.52 Å². The lowest BCUT2D eigenvalue weighted by Crippen LogP contribution is -2.30. The third-order valence-corrected chi connectivity index (χ3v) is 6.27. The van der Waals surface area contributed by atoms with E-state index in [1.807, 2.05) is 37.3 Å². The van der Waals surface area contributed by atoms with Crippen molar-refractivity contribution in [1.29, 1.82) is 0 Å². The molecule has 0 unspecified atom stereocenters. The standard InChI is InChI=1S/C29H26N4O4S/c1-19-7-6-8-21(15-19)17-25(31-28(35)22-9-4-3-5-10-22)29(36)30-23-11-13-24(14-12-23)38-18-27(34)32-26-16-20(2)37-33-26/h3-17H,18H2,1-2H3,(H,30,36)(H,31,35)(H,32,33,34)/b25-17-. The van der Waals surface area contributed by atoms with Gasteiger partial charge in [-0.15, -0.1) is 11.8 Å². The van der Waals surface area contributed by atoms with Crippen molar-refractivity contribution < 1.29 is 18.9 Å². The molecule has 38 heavy (non-hydrogen) atoms. The van der Waals surface area contributed by atoms with Crippen LogP contribution in [0.25, 0.3) is 6.08 Å². The summed E-state index contributed by atoms with van der Waals surface area (Å²) in [6.07, 6.45) is 1.64. The van der Waals surface area contributed by atoms with Crippen LogP contribution in [0, 0.1) is 13.8 Å². The van der Waals surface area contributed by atoms with Crippen LogP contribution in [0.4, 0.5) is 11.5 Å². The molecule has 0 saturated carbocycles. The molecule has 0 aliphatic carbocycles. The zero-order valence-electron chi connectivity index (χ0n) is 20.9. The van der Waals surface area contributed by atoms with Gasteiger partial charge in [0.05, 0.1) is 5.75 Å². The minimum Gasteiger partial charge on any atom is -0.360 e. The number of aryl methyl sites for hydroxylation is 2. The summed E-state index contributed by atoms with van der Waals surface area (Å²) in [4.78, 5) is 38.9. The molecule has 3 N–H and O–H groups in total. The second-order valence-electron chi connectivity index (χ2n) is 8.43. The maximum absolute atomic E-state index is 13.2. The fourth-order valence-electron chi connectivity index (χ4n) is 3.46.